The Hall–Kier alpha value is -3.54. The van der Waals surface area contributed by atoms with E-state index >= 15 is 0 Å². The standard InChI is InChI=1S/C20H15FN4O/c1-12-4-5-13(9-16(12)21)20(26)23-15-6-7-17-18(10-15)25-19(24-17)14-3-2-8-22-11-14/h2-11H,1H3,(H,23,26)(H,24,25). The van der Waals surface area contributed by atoms with Gasteiger partial charge in [0, 0.05) is 29.2 Å². The molecule has 26 heavy (non-hydrogen) atoms. The molecule has 0 radical (unpaired) electrons. The highest BCUT2D eigenvalue weighted by molar-refractivity contribution is 6.05. The zero-order valence-corrected chi connectivity index (χ0v) is 14.0. The van der Waals surface area contributed by atoms with Crippen molar-refractivity contribution in [2.45, 2.75) is 6.92 Å². The summed E-state index contributed by atoms with van der Waals surface area (Å²) >= 11 is 0. The van der Waals surface area contributed by atoms with Gasteiger partial charge in [-0.2, -0.15) is 0 Å². The molecular weight excluding hydrogens is 331 g/mol. The highest BCUT2D eigenvalue weighted by Crippen LogP contribution is 2.22. The van der Waals surface area contributed by atoms with Gasteiger partial charge in [-0.3, -0.25) is 9.78 Å². The van der Waals surface area contributed by atoms with Gasteiger partial charge in [0.2, 0.25) is 0 Å². The van der Waals surface area contributed by atoms with Crippen molar-refractivity contribution in [2.24, 2.45) is 0 Å². The van der Waals surface area contributed by atoms with E-state index in [0.29, 0.717) is 17.1 Å². The average Bonchev–Trinajstić information content (AvgIpc) is 3.08. The molecule has 0 aliphatic rings. The van der Waals surface area contributed by atoms with Gasteiger partial charge in [-0.25, -0.2) is 9.37 Å². The molecule has 4 aromatic rings. The van der Waals surface area contributed by atoms with E-state index in [1.807, 2.05) is 18.2 Å². The van der Waals surface area contributed by atoms with Crippen LogP contribution in [-0.4, -0.2) is 20.9 Å². The van der Waals surface area contributed by atoms with Crippen LogP contribution >= 0.6 is 0 Å². The molecule has 0 bridgehead atoms. The molecule has 0 spiro atoms. The Morgan fingerprint density at radius 2 is 2.04 bits per heavy atom. The first-order valence-corrected chi connectivity index (χ1v) is 8.08. The molecular formula is C20H15FN4O. The maximum atomic E-state index is 13.7. The van der Waals surface area contributed by atoms with Gasteiger partial charge in [-0.1, -0.05) is 6.07 Å². The van der Waals surface area contributed by atoms with E-state index in [9.17, 15) is 9.18 Å². The second kappa shape index (κ2) is 6.40. The summed E-state index contributed by atoms with van der Waals surface area (Å²) in [5.41, 5.74) is 3.83. The minimum atomic E-state index is -0.400. The van der Waals surface area contributed by atoms with Crippen LogP contribution < -0.4 is 5.32 Å². The lowest BCUT2D eigenvalue weighted by Gasteiger charge is -2.06. The summed E-state index contributed by atoms with van der Waals surface area (Å²) in [5.74, 6) is -0.0600. The molecule has 0 saturated carbocycles. The zero-order chi connectivity index (χ0) is 18.1. The first-order chi connectivity index (χ1) is 12.6. The third kappa shape index (κ3) is 3.04. The van der Waals surface area contributed by atoms with E-state index < -0.39 is 5.82 Å². The molecule has 5 nitrogen and oxygen atoms in total. The normalized spacial score (nSPS) is 10.8. The van der Waals surface area contributed by atoms with Crippen molar-refractivity contribution < 1.29 is 9.18 Å². The molecule has 0 aliphatic heterocycles. The van der Waals surface area contributed by atoms with Gasteiger partial charge in [0.25, 0.3) is 5.91 Å². The summed E-state index contributed by atoms with van der Waals surface area (Å²) in [7, 11) is 0. The molecule has 0 atom stereocenters. The van der Waals surface area contributed by atoms with E-state index in [1.165, 1.54) is 6.07 Å². The average molecular weight is 346 g/mol. The van der Waals surface area contributed by atoms with Crippen LogP contribution in [-0.2, 0) is 0 Å². The fourth-order valence-corrected chi connectivity index (χ4v) is 2.66. The van der Waals surface area contributed by atoms with E-state index in [2.05, 4.69) is 20.3 Å². The molecule has 2 N–H and O–H groups in total. The van der Waals surface area contributed by atoms with Crippen LogP contribution in [0.2, 0.25) is 0 Å². The number of carbonyl (C=O) groups is 1. The summed E-state index contributed by atoms with van der Waals surface area (Å²) in [6.45, 7) is 1.66. The molecule has 2 aromatic heterocycles. The number of anilines is 1. The van der Waals surface area contributed by atoms with E-state index in [-0.39, 0.29) is 11.5 Å². The predicted molar refractivity (Wildman–Crippen MR) is 98.4 cm³/mol. The lowest BCUT2D eigenvalue weighted by Crippen LogP contribution is -2.12. The van der Waals surface area contributed by atoms with Crippen molar-refractivity contribution in [1.82, 2.24) is 15.0 Å². The second-order valence-corrected chi connectivity index (χ2v) is 5.98. The predicted octanol–water partition coefficient (Wildman–Crippen LogP) is 4.32. The maximum Gasteiger partial charge on any atom is 0.255 e. The van der Waals surface area contributed by atoms with Crippen LogP contribution in [0.5, 0.6) is 0 Å². The number of halogens is 1. The number of rotatable bonds is 3. The largest absolute Gasteiger partial charge is 0.338 e. The quantitative estimate of drug-likeness (QED) is 0.580. The van der Waals surface area contributed by atoms with Gasteiger partial charge in [-0.15, -0.1) is 0 Å². The van der Waals surface area contributed by atoms with Crippen LogP contribution in [0.4, 0.5) is 10.1 Å². The monoisotopic (exact) mass is 346 g/mol. The van der Waals surface area contributed by atoms with Gasteiger partial charge in [-0.05, 0) is 55.0 Å². The summed E-state index contributed by atoms with van der Waals surface area (Å²) in [6, 6.07) is 13.6. The summed E-state index contributed by atoms with van der Waals surface area (Å²) in [4.78, 5) is 24.2. The lowest BCUT2D eigenvalue weighted by atomic mass is 10.1. The number of benzene rings is 2. The topological polar surface area (TPSA) is 70.7 Å². The van der Waals surface area contributed by atoms with Crippen LogP contribution in [0.15, 0.2) is 60.9 Å². The van der Waals surface area contributed by atoms with Crippen molar-refractivity contribution in [3.05, 3.63) is 77.9 Å². The third-order valence-corrected chi connectivity index (χ3v) is 4.11. The highest BCUT2D eigenvalue weighted by Gasteiger charge is 2.10. The Morgan fingerprint density at radius 1 is 1.15 bits per heavy atom. The fraction of sp³-hybridized carbons (Fsp3) is 0.0500. The first kappa shape index (κ1) is 16.0. The minimum absolute atomic E-state index is 0.272. The molecule has 4 rings (SSSR count). The van der Waals surface area contributed by atoms with Crippen LogP contribution in [0.1, 0.15) is 15.9 Å². The van der Waals surface area contributed by atoms with Crippen molar-refractivity contribution in [1.29, 1.82) is 0 Å². The number of hydrogen-bond acceptors (Lipinski definition) is 3. The van der Waals surface area contributed by atoms with Crippen LogP contribution in [0.25, 0.3) is 22.4 Å². The van der Waals surface area contributed by atoms with E-state index in [4.69, 9.17) is 0 Å². The number of carbonyl (C=O) groups excluding carboxylic acids is 1. The van der Waals surface area contributed by atoms with Crippen molar-refractivity contribution in [3.8, 4) is 11.4 Å². The highest BCUT2D eigenvalue weighted by atomic mass is 19.1. The molecule has 2 heterocycles. The Balaban J connectivity index is 1.61. The third-order valence-electron chi connectivity index (χ3n) is 4.11. The fourth-order valence-electron chi connectivity index (χ4n) is 2.66. The molecule has 0 aliphatic carbocycles. The molecule has 6 heteroatoms. The number of fused-ring (bicyclic) bond motifs is 1. The maximum absolute atomic E-state index is 13.7. The van der Waals surface area contributed by atoms with Crippen molar-refractivity contribution >= 4 is 22.6 Å². The van der Waals surface area contributed by atoms with Crippen molar-refractivity contribution in [2.75, 3.05) is 5.32 Å². The molecule has 128 valence electrons. The summed E-state index contributed by atoms with van der Waals surface area (Å²) in [6.07, 6.45) is 3.43. The van der Waals surface area contributed by atoms with Gasteiger partial charge in [0.15, 0.2) is 0 Å². The Morgan fingerprint density at radius 3 is 2.81 bits per heavy atom. The van der Waals surface area contributed by atoms with E-state index in [1.54, 1.807) is 43.6 Å². The lowest BCUT2D eigenvalue weighted by molar-refractivity contribution is 0.102. The first-order valence-electron chi connectivity index (χ1n) is 8.08. The number of H-pyrrole nitrogens is 1. The SMILES string of the molecule is Cc1ccc(C(=O)Nc2ccc3nc(-c4cccnc4)[nH]c3c2)cc1F. The number of hydrogen-bond donors (Lipinski definition) is 2. The number of aromatic nitrogens is 3. The van der Waals surface area contributed by atoms with Crippen LogP contribution in [0.3, 0.4) is 0 Å². The Kier molecular flexibility index (Phi) is 3.93. The molecule has 0 fully saturated rings. The number of aryl methyl sites for hydroxylation is 1. The van der Waals surface area contributed by atoms with Gasteiger partial charge < -0.3 is 10.3 Å². The zero-order valence-electron chi connectivity index (χ0n) is 14.0. The molecule has 1 amide bonds. The van der Waals surface area contributed by atoms with Gasteiger partial charge in [0.05, 0.1) is 11.0 Å². The van der Waals surface area contributed by atoms with Gasteiger partial charge in [0.1, 0.15) is 11.6 Å². The van der Waals surface area contributed by atoms with Crippen molar-refractivity contribution in [3.63, 3.8) is 0 Å². The number of imidazole rings is 1. The summed E-state index contributed by atoms with van der Waals surface area (Å²) in [5, 5.41) is 2.78. The number of aromatic amines is 1. The molecule has 2 aromatic carbocycles. The number of nitrogens with one attached hydrogen (secondary N) is 2. The van der Waals surface area contributed by atoms with Crippen LogP contribution in [0, 0.1) is 12.7 Å². The molecule has 0 saturated heterocycles. The summed E-state index contributed by atoms with van der Waals surface area (Å²) < 4.78 is 13.7. The smallest absolute Gasteiger partial charge is 0.255 e. The number of nitrogens with zero attached hydrogens (tertiary/aromatic N) is 2. The van der Waals surface area contributed by atoms with E-state index in [0.717, 1.165) is 16.6 Å². The second-order valence-electron chi connectivity index (χ2n) is 5.98. The molecule has 0 unspecified atom stereocenters. The Labute approximate surface area is 148 Å². The number of pyridine rings is 1. The number of amides is 1. The minimum Gasteiger partial charge on any atom is -0.338 e. The Bertz CT molecular complexity index is 1110. The van der Waals surface area contributed by atoms with Gasteiger partial charge >= 0.3 is 0 Å².